The van der Waals surface area contributed by atoms with E-state index in [9.17, 15) is 8.78 Å². The molecule has 170 valence electrons. The van der Waals surface area contributed by atoms with Crippen molar-refractivity contribution in [2.24, 2.45) is 5.10 Å². The van der Waals surface area contributed by atoms with Crippen LogP contribution in [0.5, 0.6) is 0 Å². The molecule has 33 heavy (non-hydrogen) atoms. The fourth-order valence-electron chi connectivity index (χ4n) is 3.49. The Balaban J connectivity index is 1.31. The zero-order valence-electron chi connectivity index (χ0n) is 17.7. The standard InChI is InChI=1S/C22H22F2N8S/c23-16-1-5-18(6-2-16)27-20-13-21(31-14-25-26-15-31)29-22(28-20)30-9-11-32(12-10-30)33-19-7-3-17(24)4-8-19/h1-8,13-14,26H,9-12,15H2,(H,27,28,29). The van der Waals surface area contributed by atoms with E-state index in [2.05, 4.69) is 25.0 Å². The zero-order chi connectivity index (χ0) is 22.6. The van der Waals surface area contributed by atoms with Crippen molar-refractivity contribution in [2.45, 2.75) is 4.90 Å². The minimum absolute atomic E-state index is 0.232. The van der Waals surface area contributed by atoms with Gasteiger partial charge in [-0.05, 0) is 60.5 Å². The van der Waals surface area contributed by atoms with Gasteiger partial charge in [0.05, 0.1) is 0 Å². The van der Waals surface area contributed by atoms with E-state index in [1.54, 1.807) is 42.6 Å². The molecular formula is C22H22F2N8S. The third-order valence-corrected chi connectivity index (χ3v) is 6.32. The lowest BCUT2D eigenvalue weighted by Crippen LogP contribution is -2.44. The molecule has 3 aromatic rings. The average Bonchev–Trinajstić information content (AvgIpc) is 3.38. The molecule has 0 radical (unpaired) electrons. The lowest BCUT2D eigenvalue weighted by atomic mass is 10.3. The summed E-state index contributed by atoms with van der Waals surface area (Å²) in [5.41, 5.74) is 3.64. The quantitative estimate of drug-likeness (QED) is 0.532. The second kappa shape index (κ2) is 9.59. The summed E-state index contributed by atoms with van der Waals surface area (Å²) >= 11 is 1.62. The summed E-state index contributed by atoms with van der Waals surface area (Å²) in [7, 11) is 0. The summed E-state index contributed by atoms with van der Waals surface area (Å²) in [5.74, 6) is 1.42. The number of aromatic nitrogens is 2. The van der Waals surface area contributed by atoms with Crippen LogP contribution in [0.3, 0.4) is 0 Å². The summed E-state index contributed by atoms with van der Waals surface area (Å²) in [5, 5.41) is 7.28. The molecule has 1 saturated heterocycles. The number of rotatable bonds is 6. The van der Waals surface area contributed by atoms with Gasteiger partial charge in [-0.2, -0.15) is 15.1 Å². The van der Waals surface area contributed by atoms with E-state index in [0.29, 0.717) is 24.3 Å². The molecule has 2 aliphatic rings. The van der Waals surface area contributed by atoms with Crippen LogP contribution in [-0.2, 0) is 0 Å². The van der Waals surface area contributed by atoms with Crippen molar-refractivity contribution in [3.8, 4) is 0 Å². The Morgan fingerprint density at radius 2 is 1.58 bits per heavy atom. The highest BCUT2D eigenvalue weighted by Crippen LogP contribution is 2.27. The van der Waals surface area contributed by atoms with Crippen molar-refractivity contribution < 1.29 is 8.78 Å². The predicted molar refractivity (Wildman–Crippen MR) is 127 cm³/mol. The molecule has 2 N–H and O–H groups in total. The number of hydrogen-bond donors (Lipinski definition) is 2. The fourth-order valence-corrected chi connectivity index (χ4v) is 4.39. The highest BCUT2D eigenvalue weighted by Gasteiger charge is 2.22. The Morgan fingerprint density at radius 1 is 0.879 bits per heavy atom. The monoisotopic (exact) mass is 468 g/mol. The number of piperazine rings is 1. The lowest BCUT2D eigenvalue weighted by Gasteiger charge is -2.34. The van der Waals surface area contributed by atoms with Crippen LogP contribution < -0.4 is 20.5 Å². The van der Waals surface area contributed by atoms with Gasteiger partial charge >= 0.3 is 0 Å². The Bertz CT molecular complexity index is 1120. The third-order valence-electron chi connectivity index (χ3n) is 5.21. The molecule has 11 heteroatoms. The Kier molecular flexibility index (Phi) is 6.22. The van der Waals surface area contributed by atoms with Crippen LogP contribution in [0, 0.1) is 11.6 Å². The van der Waals surface area contributed by atoms with E-state index in [4.69, 9.17) is 9.97 Å². The average molecular weight is 469 g/mol. The fraction of sp³-hybridized carbons (Fsp3) is 0.227. The molecule has 5 rings (SSSR count). The van der Waals surface area contributed by atoms with Gasteiger partial charge < -0.3 is 10.2 Å². The number of benzene rings is 2. The number of halogens is 2. The molecule has 3 heterocycles. The van der Waals surface area contributed by atoms with E-state index in [1.165, 1.54) is 24.3 Å². The first kappa shape index (κ1) is 21.4. The predicted octanol–water partition coefficient (Wildman–Crippen LogP) is 3.64. The van der Waals surface area contributed by atoms with Gasteiger partial charge in [-0.1, -0.05) is 0 Å². The van der Waals surface area contributed by atoms with E-state index < -0.39 is 0 Å². The molecule has 2 aliphatic heterocycles. The number of hydrazone groups is 1. The van der Waals surface area contributed by atoms with Gasteiger partial charge in [0.15, 0.2) is 0 Å². The molecule has 0 bridgehead atoms. The molecule has 1 aromatic heterocycles. The van der Waals surface area contributed by atoms with Crippen LogP contribution >= 0.6 is 11.9 Å². The van der Waals surface area contributed by atoms with Crippen molar-refractivity contribution in [2.75, 3.05) is 48.0 Å². The van der Waals surface area contributed by atoms with Crippen LogP contribution in [0.2, 0.25) is 0 Å². The number of hydrogen-bond acceptors (Lipinski definition) is 9. The molecule has 0 amide bonds. The van der Waals surface area contributed by atoms with Gasteiger partial charge in [0.1, 0.15) is 36.3 Å². The van der Waals surface area contributed by atoms with Gasteiger partial charge in [0.2, 0.25) is 5.95 Å². The summed E-state index contributed by atoms with van der Waals surface area (Å²) in [6.07, 6.45) is 1.69. The highest BCUT2D eigenvalue weighted by atomic mass is 32.2. The summed E-state index contributed by atoms with van der Waals surface area (Å²) in [6.45, 7) is 3.64. The largest absolute Gasteiger partial charge is 0.340 e. The lowest BCUT2D eigenvalue weighted by molar-refractivity contribution is 0.426. The topological polar surface area (TPSA) is 71.9 Å². The maximum Gasteiger partial charge on any atom is 0.229 e. The SMILES string of the molecule is Fc1ccc(Nc2cc(N3C=NNC3)nc(N3CCN(Sc4ccc(F)cc4)CC3)n2)cc1. The molecule has 0 atom stereocenters. The van der Waals surface area contributed by atoms with E-state index in [-0.39, 0.29) is 11.6 Å². The van der Waals surface area contributed by atoms with Crippen LogP contribution in [0.4, 0.5) is 32.1 Å². The minimum atomic E-state index is -0.291. The maximum absolute atomic E-state index is 13.3. The first-order valence-electron chi connectivity index (χ1n) is 10.5. The smallest absolute Gasteiger partial charge is 0.229 e. The van der Waals surface area contributed by atoms with Gasteiger partial charge in [-0.3, -0.25) is 10.3 Å². The molecular weight excluding hydrogens is 446 g/mol. The Labute approximate surface area is 194 Å². The first-order chi connectivity index (χ1) is 16.1. The van der Waals surface area contributed by atoms with Crippen molar-refractivity contribution >= 4 is 41.6 Å². The molecule has 8 nitrogen and oxygen atoms in total. The molecule has 0 saturated carbocycles. The van der Waals surface area contributed by atoms with Crippen molar-refractivity contribution in [3.63, 3.8) is 0 Å². The van der Waals surface area contributed by atoms with Crippen LogP contribution in [-0.4, -0.2) is 53.5 Å². The van der Waals surface area contributed by atoms with Gasteiger partial charge in [0, 0.05) is 42.8 Å². The number of nitrogens with zero attached hydrogens (tertiary/aromatic N) is 6. The first-order valence-corrected chi connectivity index (χ1v) is 11.3. The maximum atomic E-state index is 13.3. The zero-order valence-corrected chi connectivity index (χ0v) is 18.5. The highest BCUT2D eigenvalue weighted by molar-refractivity contribution is 7.97. The van der Waals surface area contributed by atoms with E-state index in [1.807, 2.05) is 11.0 Å². The van der Waals surface area contributed by atoms with Gasteiger partial charge in [-0.15, -0.1) is 0 Å². The van der Waals surface area contributed by atoms with Gasteiger partial charge in [-0.25, -0.2) is 13.1 Å². The van der Waals surface area contributed by atoms with Gasteiger partial charge in [0.25, 0.3) is 0 Å². The number of anilines is 4. The molecule has 0 aliphatic carbocycles. The van der Waals surface area contributed by atoms with E-state index >= 15 is 0 Å². The second-order valence-electron chi connectivity index (χ2n) is 7.54. The molecule has 0 spiro atoms. The van der Waals surface area contributed by atoms with Crippen molar-refractivity contribution in [1.29, 1.82) is 0 Å². The summed E-state index contributed by atoms with van der Waals surface area (Å²) in [4.78, 5) is 14.5. The van der Waals surface area contributed by atoms with Crippen LogP contribution in [0.25, 0.3) is 0 Å². The summed E-state index contributed by atoms with van der Waals surface area (Å²) < 4.78 is 28.7. The Morgan fingerprint density at radius 3 is 2.24 bits per heavy atom. The van der Waals surface area contributed by atoms with Crippen LogP contribution in [0.1, 0.15) is 0 Å². The second-order valence-corrected chi connectivity index (χ2v) is 8.71. The third kappa shape index (κ3) is 5.32. The molecule has 0 unspecified atom stereocenters. The Hall–Kier alpha value is -3.44. The molecule has 2 aromatic carbocycles. The normalized spacial score (nSPS) is 16.2. The molecule has 1 fully saturated rings. The van der Waals surface area contributed by atoms with Crippen molar-refractivity contribution in [3.05, 3.63) is 66.2 Å². The van der Waals surface area contributed by atoms with Crippen molar-refractivity contribution in [1.82, 2.24) is 19.7 Å². The summed E-state index contributed by atoms with van der Waals surface area (Å²) in [6, 6.07) is 14.5. The van der Waals surface area contributed by atoms with Crippen LogP contribution in [0.15, 0.2) is 64.6 Å². The minimum Gasteiger partial charge on any atom is -0.340 e. The number of nitrogens with one attached hydrogen (secondary N) is 2. The van der Waals surface area contributed by atoms with E-state index in [0.717, 1.165) is 36.8 Å².